The van der Waals surface area contributed by atoms with Crippen LogP contribution in [0.5, 0.6) is 0 Å². The Morgan fingerprint density at radius 2 is 2.26 bits per heavy atom. The van der Waals surface area contributed by atoms with E-state index in [9.17, 15) is 9.59 Å². The number of amides is 1. The van der Waals surface area contributed by atoms with Crippen molar-refractivity contribution in [3.63, 3.8) is 0 Å². The molecule has 1 rings (SSSR count). The van der Waals surface area contributed by atoms with Crippen LogP contribution in [0.4, 0.5) is 0 Å². The molecule has 0 aromatic carbocycles. The highest BCUT2D eigenvalue weighted by Crippen LogP contribution is 2.04. The number of methoxy groups -OCH3 is 1. The smallest absolute Gasteiger partial charge is 0.328 e. The number of aromatic nitrogens is 1. The number of rotatable bonds is 7. The van der Waals surface area contributed by atoms with Gasteiger partial charge in [0.25, 0.3) is 5.91 Å². The Bertz CT molecular complexity index is 409. The molecule has 0 fully saturated rings. The summed E-state index contributed by atoms with van der Waals surface area (Å²) < 4.78 is 4.68. The van der Waals surface area contributed by atoms with Gasteiger partial charge >= 0.3 is 5.97 Å². The molecule has 1 atom stereocenters. The van der Waals surface area contributed by atoms with E-state index in [-0.39, 0.29) is 5.91 Å². The number of pyridine rings is 1. The van der Waals surface area contributed by atoms with Crippen molar-refractivity contribution in [2.75, 3.05) is 13.7 Å². The molecule has 1 heterocycles. The van der Waals surface area contributed by atoms with Gasteiger partial charge in [-0.15, -0.1) is 0 Å². The van der Waals surface area contributed by atoms with Crippen LogP contribution in [-0.4, -0.2) is 36.6 Å². The normalized spacial score (nSPS) is 11.7. The number of carbonyl (C=O) groups excluding carboxylic acids is 2. The van der Waals surface area contributed by atoms with Crippen LogP contribution in [0.2, 0.25) is 0 Å². The van der Waals surface area contributed by atoms with E-state index >= 15 is 0 Å². The molecule has 0 saturated carbocycles. The van der Waals surface area contributed by atoms with E-state index in [0.29, 0.717) is 18.5 Å². The second kappa shape index (κ2) is 8.20. The van der Waals surface area contributed by atoms with E-state index in [4.69, 9.17) is 5.73 Å². The highest BCUT2D eigenvalue weighted by atomic mass is 16.5. The average Bonchev–Trinajstić information content (AvgIpc) is 2.46. The molecule has 0 aliphatic heterocycles. The fourth-order valence-electron chi connectivity index (χ4n) is 1.62. The van der Waals surface area contributed by atoms with E-state index in [1.54, 1.807) is 18.3 Å². The van der Waals surface area contributed by atoms with Gasteiger partial charge in [0.15, 0.2) is 0 Å². The van der Waals surface area contributed by atoms with Gasteiger partial charge in [-0.05, 0) is 37.9 Å². The summed E-state index contributed by atoms with van der Waals surface area (Å²) in [7, 11) is 1.30. The Morgan fingerprint density at radius 3 is 2.84 bits per heavy atom. The first-order valence-corrected chi connectivity index (χ1v) is 6.17. The molecular weight excluding hydrogens is 246 g/mol. The van der Waals surface area contributed by atoms with Crippen LogP contribution in [-0.2, 0) is 9.53 Å². The van der Waals surface area contributed by atoms with Crippen LogP contribution >= 0.6 is 0 Å². The van der Waals surface area contributed by atoms with Gasteiger partial charge in [-0.1, -0.05) is 0 Å². The summed E-state index contributed by atoms with van der Waals surface area (Å²) in [5, 5.41) is 2.65. The topological polar surface area (TPSA) is 94.3 Å². The number of nitrogens with two attached hydrogens (primary N) is 1. The predicted molar refractivity (Wildman–Crippen MR) is 70.4 cm³/mol. The molecule has 19 heavy (non-hydrogen) atoms. The summed E-state index contributed by atoms with van der Waals surface area (Å²) in [5.74, 6) is -0.787. The standard InChI is InChI=1S/C13H19N3O3/c1-19-13(18)11(6-2-3-7-14)16-12(17)10-5-4-8-15-9-10/h4-5,8-9,11H,2-3,6-7,14H2,1H3,(H,16,17). The van der Waals surface area contributed by atoms with Crippen LogP contribution in [0.25, 0.3) is 0 Å². The third-order valence-corrected chi connectivity index (χ3v) is 2.66. The van der Waals surface area contributed by atoms with E-state index in [2.05, 4.69) is 15.0 Å². The van der Waals surface area contributed by atoms with Crippen LogP contribution in [0.3, 0.4) is 0 Å². The second-order valence-corrected chi connectivity index (χ2v) is 4.08. The Balaban J connectivity index is 2.61. The molecule has 0 aliphatic rings. The van der Waals surface area contributed by atoms with Gasteiger partial charge in [-0.3, -0.25) is 9.78 Å². The number of esters is 1. The largest absolute Gasteiger partial charge is 0.467 e. The van der Waals surface area contributed by atoms with Crippen LogP contribution in [0.1, 0.15) is 29.6 Å². The Morgan fingerprint density at radius 1 is 1.47 bits per heavy atom. The summed E-state index contributed by atoms with van der Waals surface area (Å²) in [6.45, 7) is 0.560. The van der Waals surface area contributed by atoms with Crippen molar-refractivity contribution in [2.24, 2.45) is 5.73 Å². The van der Waals surface area contributed by atoms with Crippen molar-refractivity contribution in [3.8, 4) is 0 Å². The van der Waals surface area contributed by atoms with Gasteiger partial charge in [0.05, 0.1) is 12.7 Å². The lowest BCUT2D eigenvalue weighted by molar-refractivity contribution is -0.143. The van der Waals surface area contributed by atoms with Crippen LogP contribution < -0.4 is 11.1 Å². The molecule has 3 N–H and O–H groups in total. The molecule has 0 saturated heterocycles. The zero-order valence-corrected chi connectivity index (χ0v) is 11.0. The molecular formula is C13H19N3O3. The molecule has 1 aromatic heterocycles. The van der Waals surface area contributed by atoms with E-state index in [1.165, 1.54) is 13.3 Å². The van der Waals surface area contributed by atoms with Crippen LogP contribution in [0.15, 0.2) is 24.5 Å². The maximum atomic E-state index is 11.9. The molecule has 1 aromatic rings. The molecule has 1 unspecified atom stereocenters. The van der Waals surface area contributed by atoms with Crippen molar-refractivity contribution < 1.29 is 14.3 Å². The number of ether oxygens (including phenoxy) is 1. The summed E-state index contributed by atoms with van der Waals surface area (Å²) in [5.41, 5.74) is 5.82. The van der Waals surface area contributed by atoms with Crippen molar-refractivity contribution in [1.29, 1.82) is 0 Å². The van der Waals surface area contributed by atoms with Crippen molar-refractivity contribution >= 4 is 11.9 Å². The lowest BCUT2D eigenvalue weighted by Crippen LogP contribution is -2.41. The summed E-state index contributed by atoms with van der Waals surface area (Å²) >= 11 is 0. The van der Waals surface area contributed by atoms with E-state index in [1.807, 2.05) is 0 Å². The molecule has 1 amide bonds. The molecule has 6 nitrogen and oxygen atoms in total. The molecule has 6 heteroatoms. The number of nitrogens with zero attached hydrogens (tertiary/aromatic N) is 1. The Hall–Kier alpha value is -1.95. The van der Waals surface area contributed by atoms with Gasteiger partial charge in [0.2, 0.25) is 0 Å². The van der Waals surface area contributed by atoms with Gasteiger partial charge in [0.1, 0.15) is 6.04 Å². The predicted octanol–water partition coefficient (Wildman–Crippen LogP) is 0.482. The number of hydrogen-bond donors (Lipinski definition) is 2. The number of hydrogen-bond acceptors (Lipinski definition) is 5. The molecule has 104 valence electrons. The van der Waals surface area contributed by atoms with Gasteiger partial charge in [-0.25, -0.2) is 4.79 Å². The van der Waals surface area contributed by atoms with Crippen LogP contribution in [0, 0.1) is 0 Å². The minimum atomic E-state index is -0.649. The Kier molecular flexibility index (Phi) is 6.52. The quantitative estimate of drug-likeness (QED) is 0.552. The minimum Gasteiger partial charge on any atom is -0.467 e. The zero-order valence-electron chi connectivity index (χ0n) is 11.0. The second-order valence-electron chi connectivity index (χ2n) is 4.08. The maximum Gasteiger partial charge on any atom is 0.328 e. The summed E-state index contributed by atoms with van der Waals surface area (Å²) in [6.07, 6.45) is 5.09. The van der Waals surface area contributed by atoms with Crippen molar-refractivity contribution in [1.82, 2.24) is 10.3 Å². The van der Waals surface area contributed by atoms with Crippen molar-refractivity contribution in [2.45, 2.75) is 25.3 Å². The lowest BCUT2D eigenvalue weighted by Gasteiger charge is -2.16. The van der Waals surface area contributed by atoms with E-state index in [0.717, 1.165) is 12.8 Å². The minimum absolute atomic E-state index is 0.337. The fourth-order valence-corrected chi connectivity index (χ4v) is 1.62. The van der Waals surface area contributed by atoms with E-state index < -0.39 is 12.0 Å². The monoisotopic (exact) mass is 265 g/mol. The highest BCUT2D eigenvalue weighted by molar-refractivity contribution is 5.96. The Labute approximate surface area is 112 Å². The number of unbranched alkanes of at least 4 members (excludes halogenated alkanes) is 1. The molecule has 0 bridgehead atoms. The summed E-state index contributed by atoms with van der Waals surface area (Å²) in [4.78, 5) is 27.4. The highest BCUT2D eigenvalue weighted by Gasteiger charge is 2.21. The number of nitrogens with one attached hydrogen (secondary N) is 1. The van der Waals surface area contributed by atoms with Gasteiger partial charge < -0.3 is 15.8 Å². The van der Waals surface area contributed by atoms with Gasteiger partial charge in [-0.2, -0.15) is 0 Å². The SMILES string of the molecule is COC(=O)C(CCCCN)NC(=O)c1cccnc1. The zero-order chi connectivity index (χ0) is 14.1. The molecule has 0 spiro atoms. The maximum absolute atomic E-state index is 11.9. The van der Waals surface area contributed by atoms with Crippen molar-refractivity contribution in [3.05, 3.63) is 30.1 Å². The third kappa shape index (κ3) is 5.05. The first kappa shape index (κ1) is 15.1. The third-order valence-electron chi connectivity index (χ3n) is 2.66. The summed E-state index contributed by atoms with van der Waals surface area (Å²) in [6, 6.07) is 2.65. The van der Waals surface area contributed by atoms with Gasteiger partial charge in [0, 0.05) is 12.4 Å². The number of carbonyl (C=O) groups is 2. The average molecular weight is 265 g/mol. The lowest BCUT2D eigenvalue weighted by atomic mass is 10.1. The first-order chi connectivity index (χ1) is 9.19. The molecule has 0 aliphatic carbocycles. The molecule has 0 radical (unpaired) electrons. The first-order valence-electron chi connectivity index (χ1n) is 6.17. The fraction of sp³-hybridized carbons (Fsp3) is 0.462.